The molecular weight excluding hydrogens is 270 g/mol. The van der Waals surface area contributed by atoms with Gasteiger partial charge < -0.3 is 5.32 Å². The van der Waals surface area contributed by atoms with Crippen LogP contribution in [0.3, 0.4) is 0 Å². The molecular formula is C16H22ClN3. The van der Waals surface area contributed by atoms with E-state index in [4.69, 9.17) is 11.6 Å². The van der Waals surface area contributed by atoms with Gasteiger partial charge in [0.05, 0.1) is 23.0 Å². The number of halogens is 1. The lowest BCUT2D eigenvalue weighted by atomic mass is 10.0. The molecule has 20 heavy (non-hydrogen) atoms. The Morgan fingerprint density at radius 1 is 1.30 bits per heavy atom. The monoisotopic (exact) mass is 291 g/mol. The summed E-state index contributed by atoms with van der Waals surface area (Å²) in [6.07, 6.45) is 3.75. The fourth-order valence-electron chi connectivity index (χ4n) is 2.46. The Bertz CT molecular complexity index is 526. The Hall–Kier alpha value is -1.32. The van der Waals surface area contributed by atoms with E-state index in [1.807, 2.05) is 11.7 Å². The zero-order valence-electron chi connectivity index (χ0n) is 12.4. The van der Waals surface area contributed by atoms with Crippen molar-refractivity contribution in [3.63, 3.8) is 0 Å². The third-order valence-corrected chi connectivity index (χ3v) is 3.85. The van der Waals surface area contributed by atoms with Gasteiger partial charge in [-0.1, -0.05) is 48.4 Å². The first-order valence-corrected chi connectivity index (χ1v) is 7.46. The number of aryl methyl sites for hydroxylation is 3. The van der Waals surface area contributed by atoms with Crippen molar-refractivity contribution in [1.82, 2.24) is 15.1 Å². The summed E-state index contributed by atoms with van der Waals surface area (Å²) in [7, 11) is 1.94. The van der Waals surface area contributed by atoms with Crippen LogP contribution in [0.4, 0.5) is 0 Å². The average molecular weight is 292 g/mol. The van der Waals surface area contributed by atoms with E-state index in [-0.39, 0.29) is 6.04 Å². The first kappa shape index (κ1) is 15.1. The van der Waals surface area contributed by atoms with E-state index in [2.05, 4.69) is 48.5 Å². The highest BCUT2D eigenvalue weighted by atomic mass is 35.5. The molecule has 2 rings (SSSR count). The van der Waals surface area contributed by atoms with Crippen LogP contribution in [0.1, 0.15) is 36.2 Å². The lowest BCUT2D eigenvalue weighted by Gasteiger charge is -2.19. The van der Waals surface area contributed by atoms with Crippen molar-refractivity contribution in [1.29, 1.82) is 0 Å². The normalized spacial score (nSPS) is 12.6. The van der Waals surface area contributed by atoms with Gasteiger partial charge in [-0.25, -0.2) is 0 Å². The maximum absolute atomic E-state index is 6.25. The topological polar surface area (TPSA) is 29.9 Å². The van der Waals surface area contributed by atoms with Crippen molar-refractivity contribution < 1.29 is 0 Å². The minimum atomic E-state index is 0.237. The predicted octanol–water partition coefficient (Wildman–Crippen LogP) is 3.67. The molecule has 1 N–H and O–H groups in total. The lowest BCUT2D eigenvalue weighted by Crippen LogP contribution is -2.24. The SMILES string of the molecule is CCNC(CCc1ccc(C)cc1)c1c(Cl)cnn1C. The van der Waals surface area contributed by atoms with Crippen molar-refractivity contribution in [3.05, 3.63) is 52.3 Å². The maximum Gasteiger partial charge on any atom is 0.0834 e. The van der Waals surface area contributed by atoms with E-state index in [0.29, 0.717) is 0 Å². The van der Waals surface area contributed by atoms with Gasteiger partial charge in [-0.15, -0.1) is 0 Å². The van der Waals surface area contributed by atoms with Crippen LogP contribution in [-0.4, -0.2) is 16.3 Å². The van der Waals surface area contributed by atoms with Gasteiger partial charge in [0.25, 0.3) is 0 Å². The highest BCUT2D eigenvalue weighted by Crippen LogP contribution is 2.25. The second kappa shape index (κ2) is 6.91. The van der Waals surface area contributed by atoms with Crippen LogP contribution < -0.4 is 5.32 Å². The Kier molecular flexibility index (Phi) is 5.21. The second-order valence-corrected chi connectivity index (χ2v) is 5.54. The molecule has 0 bridgehead atoms. The molecule has 1 heterocycles. The fourth-order valence-corrected chi connectivity index (χ4v) is 2.76. The van der Waals surface area contributed by atoms with Gasteiger partial charge in [-0.2, -0.15) is 5.10 Å². The van der Waals surface area contributed by atoms with Crippen molar-refractivity contribution in [2.75, 3.05) is 6.54 Å². The van der Waals surface area contributed by atoms with Crippen LogP contribution >= 0.6 is 11.6 Å². The van der Waals surface area contributed by atoms with E-state index in [0.717, 1.165) is 30.1 Å². The molecule has 2 aromatic rings. The van der Waals surface area contributed by atoms with Crippen LogP contribution in [0.2, 0.25) is 5.02 Å². The molecule has 1 aromatic heterocycles. The molecule has 1 aromatic carbocycles. The van der Waals surface area contributed by atoms with E-state index < -0.39 is 0 Å². The predicted molar refractivity (Wildman–Crippen MR) is 84.1 cm³/mol. The quantitative estimate of drug-likeness (QED) is 0.880. The first-order chi connectivity index (χ1) is 9.61. The largest absolute Gasteiger partial charge is 0.309 e. The highest BCUT2D eigenvalue weighted by molar-refractivity contribution is 6.31. The minimum Gasteiger partial charge on any atom is -0.309 e. The van der Waals surface area contributed by atoms with E-state index >= 15 is 0 Å². The Morgan fingerprint density at radius 2 is 2.00 bits per heavy atom. The lowest BCUT2D eigenvalue weighted by molar-refractivity contribution is 0.480. The minimum absolute atomic E-state index is 0.237. The molecule has 1 atom stereocenters. The van der Waals surface area contributed by atoms with Crippen molar-refractivity contribution in [3.8, 4) is 0 Å². The number of benzene rings is 1. The summed E-state index contributed by atoms with van der Waals surface area (Å²) in [5, 5.41) is 8.47. The van der Waals surface area contributed by atoms with Crippen LogP contribution in [0.5, 0.6) is 0 Å². The van der Waals surface area contributed by atoms with Crippen molar-refractivity contribution >= 4 is 11.6 Å². The van der Waals surface area contributed by atoms with Gasteiger partial charge in [0, 0.05) is 7.05 Å². The van der Waals surface area contributed by atoms with Gasteiger partial charge in [0.15, 0.2) is 0 Å². The number of nitrogens with zero attached hydrogens (tertiary/aromatic N) is 2. The van der Waals surface area contributed by atoms with E-state index in [9.17, 15) is 0 Å². The summed E-state index contributed by atoms with van der Waals surface area (Å²) in [6, 6.07) is 8.96. The molecule has 0 aliphatic heterocycles. The van der Waals surface area contributed by atoms with Crippen LogP contribution in [0.15, 0.2) is 30.5 Å². The zero-order valence-corrected chi connectivity index (χ0v) is 13.1. The van der Waals surface area contributed by atoms with Crippen LogP contribution in [0, 0.1) is 6.92 Å². The third-order valence-electron chi connectivity index (χ3n) is 3.56. The van der Waals surface area contributed by atoms with Crippen molar-refractivity contribution in [2.24, 2.45) is 7.05 Å². The Labute approximate surface area is 126 Å². The average Bonchev–Trinajstić information content (AvgIpc) is 2.76. The molecule has 0 amide bonds. The van der Waals surface area contributed by atoms with Crippen molar-refractivity contribution in [2.45, 2.75) is 32.7 Å². The molecule has 3 nitrogen and oxygen atoms in total. The summed E-state index contributed by atoms with van der Waals surface area (Å²) in [5.41, 5.74) is 3.73. The van der Waals surface area contributed by atoms with Crippen LogP contribution in [-0.2, 0) is 13.5 Å². The molecule has 1 unspecified atom stereocenters. The summed E-state index contributed by atoms with van der Waals surface area (Å²) >= 11 is 6.25. The molecule has 0 aliphatic carbocycles. The van der Waals surface area contributed by atoms with E-state index in [1.54, 1.807) is 6.20 Å². The van der Waals surface area contributed by atoms with Gasteiger partial charge in [0.2, 0.25) is 0 Å². The number of nitrogens with one attached hydrogen (secondary N) is 1. The Balaban J connectivity index is 2.08. The number of aromatic nitrogens is 2. The smallest absolute Gasteiger partial charge is 0.0834 e. The van der Waals surface area contributed by atoms with Gasteiger partial charge in [0.1, 0.15) is 0 Å². The Morgan fingerprint density at radius 3 is 2.55 bits per heavy atom. The summed E-state index contributed by atoms with van der Waals surface area (Å²) < 4.78 is 1.87. The summed E-state index contributed by atoms with van der Waals surface area (Å²) in [6.45, 7) is 5.14. The number of rotatable bonds is 6. The summed E-state index contributed by atoms with van der Waals surface area (Å²) in [4.78, 5) is 0. The second-order valence-electron chi connectivity index (χ2n) is 5.14. The zero-order chi connectivity index (χ0) is 14.5. The van der Waals surface area contributed by atoms with Crippen LogP contribution in [0.25, 0.3) is 0 Å². The first-order valence-electron chi connectivity index (χ1n) is 7.08. The maximum atomic E-state index is 6.25. The molecule has 4 heteroatoms. The van der Waals surface area contributed by atoms with Gasteiger partial charge >= 0.3 is 0 Å². The summed E-state index contributed by atoms with van der Waals surface area (Å²) in [5.74, 6) is 0. The molecule has 108 valence electrons. The molecule has 0 radical (unpaired) electrons. The number of hydrogen-bond donors (Lipinski definition) is 1. The fraction of sp³-hybridized carbons (Fsp3) is 0.438. The molecule has 0 saturated carbocycles. The third kappa shape index (κ3) is 3.62. The molecule has 0 saturated heterocycles. The molecule has 0 fully saturated rings. The van der Waals surface area contributed by atoms with E-state index in [1.165, 1.54) is 11.1 Å². The highest BCUT2D eigenvalue weighted by Gasteiger charge is 2.18. The molecule has 0 spiro atoms. The molecule has 0 aliphatic rings. The van der Waals surface area contributed by atoms with Gasteiger partial charge in [-0.05, 0) is 31.9 Å². The number of hydrogen-bond acceptors (Lipinski definition) is 2. The van der Waals surface area contributed by atoms with Gasteiger partial charge in [-0.3, -0.25) is 4.68 Å². The standard InChI is InChI=1S/C16H22ClN3/c1-4-18-15(16-14(17)11-19-20(16)3)10-9-13-7-5-12(2)6-8-13/h5-8,11,15,18H,4,9-10H2,1-3H3.